The number of benzene rings is 1. The molecule has 5 rings (SSSR count). The Morgan fingerprint density at radius 3 is 2.85 bits per heavy atom. The van der Waals surface area contributed by atoms with Gasteiger partial charge in [-0.2, -0.15) is 0 Å². The summed E-state index contributed by atoms with van der Waals surface area (Å²) in [6.07, 6.45) is 12.7. The van der Waals surface area contributed by atoms with Crippen LogP contribution in [0, 0.1) is 0 Å². The summed E-state index contributed by atoms with van der Waals surface area (Å²) in [7, 11) is 5.34. The van der Waals surface area contributed by atoms with Gasteiger partial charge in [0, 0.05) is 48.7 Å². The van der Waals surface area contributed by atoms with Crippen LogP contribution in [0.4, 0.5) is 0 Å². The predicted molar refractivity (Wildman–Crippen MR) is 132 cm³/mol. The summed E-state index contributed by atoms with van der Waals surface area (Å²) in [5, 5.41) is 4.67. The van der Waals surface area contributed by atoms with Gasteiger partial charge >= 0.3 is 0 Å². The first-order valence-corrected chi connectivity index (χ1v) is 11.3. The number of pyridine rings is 2. The van der Waals surface area contributed by atoms with E-state index in [1.807, 2.05) is 36.0 Å². The van der Waals surface area contributed by atoms with Crippen molar-refractivity contribution in [1.82, 2.24) is 19.9 Å². The number of hydrogen-bond acceptors (Lipinski definition) is 6. The number of methoxy groups -OCH3 is 2. The van der Waals surface area contributed by atoms with Crippen molar-refractivity contribution in [3.8, 4) is 17.2 Å². The normalized spacial score (nSPS) is 15.4. The average molecular weight is 457 g/mol. The number of aryl methyl sites for hydroxylation is 1. The van der Waals surface area contributed by atoms with E-state index in [0.29, 0.717) is 6.61 Å². The van der Waals surface area contributed by atoms with E-state index >= 15 is 0 Å². The van der Waals surface area contributed by atoms with Gasteiger partial charge in [0.2, 0.25) is 0 Å². The molecule has 0 saturated heterocycles. The molecule has 0 saturated carbocycles. The Labute approximate surface area is 199 Å². The average Bonchev–Trinajstić information content (AvgIpc) is 3.20. The van der Waals surface area contributed by atoms with E-state index in [1.165, 1.54) is 11.1 Å². The smallest absolute Gasteiger partial charge is 0.161 e. The van der Waals surface area contributed by atoms with E-state index in [1.54, 1.807) is 26.6 Å². The maximum absolute atomic E-state index is 6.09. The second-order valence-corrected chi connectivity index (χ2v) is 8.33. The molecular formula is C27H28N4O3. The van der Waals surface area contributed by atoms with E-state index in [0.717, 1.165) is 52.4 Å². The Balaban J connectivity index is 1.42. The van der Waals surface area contributed by atoms with E-state index in [-0.39, 0.29) is 6.04 Å². The van der Waals surface area contributed by atoms with Crippen LogP contribution >= 0.6 is 0 Å². The number of nitrogens with zero attached hydrogens (tertiary/aromatic N) is 3. The van der Waals surface area contributed by atoms with Gasteiger partial charge in [-0.05, 0) is 41.8 Å². The lowest BCUT2D eigenvalue weighted by Crippen LogP contribution is -2.28. The first kappa shape index (κ1) is 22.0. The summed E-state index contributed by atoms with van der Waals surface area (Å²) in [4.78, 5) is 8.68. The second kappa shape index (κ2) is 9.57. The molecule has 4 heterocycles. The molecule has 0 spiro atoms. The summed E-state index contributed by atoms with van der Waals surface area (Å²) < 4.78 is 19.2. The lowest BCUT2D eigenvalue weighted by Gasteiger charge is -2.26. The maximum Gasteiger partial charge on any atom is 0.161 e. The molecule has 1 N–H and O–H groups in total. The molecule has 1 aromatic carbocycles. The fourth-order valence-electron chi connectivity index (χ4n) is 4.40. The first-order valence-electron chi connectivity index (χ1n) is 11.3. The lowest BCUT2D eigenvalue weighted by atomic mass is 9.93. The van der Waals surface area contributed by atoms with Gasteiger partial charge in [-0.15, -0.1) is 0 Å². The van der Waals surface area contributed by atoms with Gasteiger partial charge in [-0.25, -0.2) is 4.98 Å². The Kier molecular flexibility index (Phi) is 6.18. The van der Waals surface area contributed by atoms with Gasteiger partial charge in [0.15, 0.2) is 11.5 Å². The van der Waals surface area contributed by atoms with Crippen molar-refractivity contribution in [2.24, 2.45) is 7.05 Å². The molecular weight excluding hydrogens is 428 g/mol. The number of nitrogens with one attached hydrogen (secondary N) is 1. The van der Waals surface area contributed by atoms with Crippen LogP contribution in [0.25, 0.3) is 17.1 Å². The highest BCUT2D eigenvalue weighted by Gasteiger charge is 2.21. The van der Waals surface area contributed by atoms with Crippen LogP contribution < -0.4 is 19.5 Å². The summed E-state index contributed by atoms with van der Waals surface area (Å²) >= 11 is 0. The largest absolute Gasteiger partial charge is 0.495 e. The van der Waals surface area contributed by atoms with Crippen LogP contribution in [0.2, 0.25) is 0 Å². The van der Waals surface area contributed by atoms with Crippen LogP contribution in [0.15, 0.2) is 61.2 Å². The Bertz CT molecular complexity index is 1330. The van der Waals surface area contributed by atoms with Gasteiger partial charge in [0.25, 0.3) is 0 Å². The molecule has 1 aliphatic rings. The maximum atomic E-state index is 6.09. The highest BCUT2D eigenvalue weighted by Crippen LogP contribution is 2.36. The van der Waals surface area contributed by atoms with Crippen molar-refractivity contribution in [3.63, 3.8) is 0 Å². The zero-order valence-corrected chi connectivity index (χ0v) is 19.6. The number of rotatable bonds is 7. The molecule has 34 heavy (non-hydrogen) atoms. The standard InChI is InChI=1S/C27H28N4O3/c1-31-16-20(23-12-21(32-2)15-30-27(23)31)6-7-24-22-13-25(33-3)26(11-19(22)8-10-29-24)34-17-18-5-4-9-28-14-18/h4-7,9,11-16,24,29H,8,10,17H2,1-3H3/b7-6+. The van der Waals surface area contributed by atoms with Crippen LogP contribution in [-0.2, 0) is 20.1 Å². The third-order valence-electron chi connectivity index (χ3n) is 6.16. The van der Waals surface area contributed by atoms with Crippen LogP contribution in [0.5, 0.6) is 17.2 Å². The predicted octanol–water partition coefficient (Wildman–Crippen LogP) is 4.46. The Morgan fingerprint density at radius 1 is 1.15 bits per heavy atom. The molecule has 7 nitrogen and oxygen atoms in total. The van der Waals surface area contributed by atoms with E-state index in [2.05, 4.69) is 45.8 Å². The van der Waals surface area contributed by atoms with Crippen LogP contribution in [0.3, 0.4) is 0 Å². The minimum atomic E-state index is 0.0684. The third kappa shape index (κ3) is 4.34. The second-order valence-electron chi connectivity index (χ2n) is 8.33. The summed E-state index contributed by atoms with van der Waals surface area (Å²) in [6, 6.07) is 10.2. The molecule has 0 radical (unpaired) electrons. The van der Waals surface area contributed by atoms with Gasteiger partial charge < -0.3 is 24.1 Å². The Hall–Kier alpha value is -3.84. The molecule has 3 aromatic heterocycles. The van der Waals surface area contributed by atoms with Gasteiger partial charge in [-0.1, -0.05) is 18.2 Å². The van der Waals surface area contributed by atoms with E-state index in [9.17, 15) is 0 Å². The summed E-state index contributed by atoms with van der Waals surface area (Å²) in [5.41, 5.74) is 5.50. The number of ether oxygens (including phenoxy) is 3. The summed E-state index contributed by atoms with van der Waals surface area (Å²) in [5.74, 6) is 2.23. The molecule has 0 bridgehead atoms. The fraction of sp³-hybridized carbons (Fsp3) is 0.259. The number of aromatic nitrogens is 3. The van der Waals surface area contributed by atoms with Gasteiger partial charge in [0.05, 0.1) is 26.5 Å². The quantitative estimate of drug-likeness (QED) is 0.443. The van der Waals surface area contributed by atoms with Crippen LogP contribution in [-0.4, -0.2) is 35.3 Å². The molecule has 1 unspecified atom stereocenters. The molecule has 4 aromatic rings. The zero-order chi connectivity index (χ0) is 23.5. The minimum Gasteiger partial charge on any atom is -0.495 e. The molecule has 174 valence electrons. The fourth-order valence-corrected chi connectivity index (χ4v) is 4.40. The molecule has 0 fully saturated rings. The topological polar surface area (TPSA) is 70.4 Å². The highest BCUT2D eigenvalue weighted by atomic mass is 16.5. The third-order valence-corrected chi connectivity index (χ3v) is 6.16. The first-order chi connectivity index (χ1) is 16.7. The zero-order valence-electron chi connectivity index (χ0n) is 19.6. The van der Waals surface area contributed by atoms with Crippen molar-refractivity contribution in [2.45, 2.75) is 19.1 Å². The number of fused-ring (bicyclic) bond motifs is 2. The van der Waals surface area contributed by atoms with Gasteiger partial charge in [0.1, 0.15) is 18.0 Å². The van der Waals surface area contributed by atoms with Gasteiger partial charge in [-0.3, -0.25) is 4.98 Å². The number of hydrogen-bond donors (Lipinski definition) is 1. The Morgan fingerprint density at radius 2 is 2.06 bits per heavy atom. The molecule has 1 aliphatic heterocycles. The van der Waals surface area contributed by atoms with E-state index in [4.69, 9.17) is 14.2 Å². The van der Waals surface area contributed by atoms with Crippen molar-refractivity contribution in [1.29, 1.82) is 0 Å². The SMILES string of the molecule is COc1cnc2c(c1)c(/C=C/C1NCCc3cc(OCc4cccnc4)c(OC)cc31)cn2C. The monoisotopic (exact) mass is 456 g/mol. The lowest BCUT2D eigenvalue weighted by molar-refractivity contribution is 0.283. The minimum absolute atomic E-state index is 0.0684. The molecule has 7 heteroatoms. The molecule has 0 aliphatic carbocycles. The summed E-state index contributed by atoms with van der Waals surface area (Å²) in [6.45, 7) is 1.34. The van der Waals surface area contributed by atoms with E-state index < -0.39 is 0 Å². The highest BCUT2D eigenvalue weighted by molar-refractivity contribution is 5.87. The van der Waals surface area contributed by atoms with Crippen molar-refractivity contribution >= 4 is 17.1 Å². The van der Waals surface area contributed by atoms with Crippen LogP contribution in [0.1, 0.15) is 28.3 Å². The van der Waals surface area contributed by atoms with Crippen molar-refractivity contribution < 1.29 is 14.2 Å². The molecule has 1 atom stereocenters. The van der Waals surface area contributed by atoms with Crippen molar-refractivity contribution in [3.05, 3.63) is 83.4 Å². The van der Waals surface area contributed by atoms with Crippen molar-refractivity contribution in [2.75, 3.05) is 20.8 Å². The molecule has 0 amide bonds.